The summed E-state index contributed by atoms with van der Waals surface area (Å²) in [7, 11) is 0. The molecule has 0 N–H and O–H groups in total. The third-order valence-electron chi connectivity index (χ3n) is 3.88. The summed E-state index contributed by atoms with van der Waals surface area (Å²) in [6, 6.07) is 0. The molecule has 0 aromatic carbocycles. The molecule has 0 bridgehead atoms. The molecule has 0 heteroatoms. The van der Waals surface area contributed by atoms with Gasteiger partial charge < -0.3 is 0 Å². The van der Waals surface area contributed by atoms with E-state index in [0.717, 1.165) is 11.8 Å². The van der Waals surface area contributed by atoms with Gasteiger partial charge in [0.25, 0.3) is 0 Å². The molecule has 0 fully saturated rings. The normalized spacial score (nSPS) is 19.1. The molecule has 0 nitrogen and oxygen atoms in total. The van der Waals surface area contributed by atoms with Crippen LogP contribution in [-0.4, -0.2) is 0 Å². The molecule has 2 unspecified atom stereocenters. The quantitative estimate of drug-likeness (QED) is 0.460. The van der Waals surface area contributed by atoms with Crippen LogP contribution in [0.25, 0.3) is 0 Å². The molecule has 0 rings (SSSR count). The molecule has 0 spiro atoms. The van der Waals surface area contributed by atoms with E-state index in [2.05, 4.69) is 41.5 Å². The Bertz CT molecular complexity index is 145. The van der Waals surface area contributed by atoms with Crippen molar-refractivity contribution in [1.82, 2.24) is 0 Å². The first-order valence-electron chi connectivity index (χ1n) is 7.32. The molecule has 0 heterocycles. The molecular formula is C16H33. The summed E-state index contributed by atoms with van der Waals surface area (Å²) in [5.41, 5.74) is 0.336. The van der Waals surface area contributed by atoms with Crippen molar-refractivity contribution in [2.45, 2.75) is 79.6 Å². The van der Waals surface area contributed by atoms with Crippen molar-refractivity contribution in [2.24, 2.45) is 17.3 Å². The van der Waals surface area contributed by atoms with Gasteiger partial charge in [0.05, 0.1) is 0 Å². The van der Waals surface area contributed by atoms with Crippen molar-refractivity contribution in [2.75, 3.05) is 0 Å². The molecule has 0 aromatic rings. The van der Waals surface area contributed by atoms with E-state index in [-0.39, 0.29) is 0 Å². The van der Waals surface area contributed by atoms with Gasteiger partial charge in [0, 0.05) is 0 Å². The van der Waals surface area contributed by atoms with E-state index in [0.29, 0.717) is 5.41 Å². The van der Waals surface area contributed by atoms with Crippen LogP contribution < -0.4 is 0 Å². The zero-order valence-electron chi connectivity index (χ0n) is 12.3. The minimum Gasteiger partial charge on any atom is -0.0654 e. The average molecular weight is 225 g/mol. The van der Waals surface area contributed by atoms with Gasteiger partial charge in [-0.3, -0.25) is 0 Å². The van der Waals surface area contributed by atoms with Gasteiger partial charge in [0.1, 0.15) is 0 Å². The Morgan fingerprint density at radius 3 is 1.50 bits per heavy atom. The van der Waals surface area contributed by atoms with Crippen molar-refractivity contribution >= 4 is 0 Å². The Labute approximate surface area is 104 Å². The second kappa shape index (κ2) is 8.14. The van der Waals surface area contributed by atoms with Crippen molar-refractivity contribution in [3.05, 3.63) is 6.92 Å². The largest absolute Gasteiger partial charge is 0.0654 e. The highest BCUT2D eigenvalue weighted by Crippen LogP contribution is 2.38. The van der Waals surface area contributed by atoms with Crippen LogP contribution in [0.3, 0.4) is 0 Å². The Morgan fingerprint density at radius 1 is 0.875 bits per heavy atom. The topological polar surface area (TPSA) is 0 Å². The fourth-order valence-corrected chi connectivity index (χ4v) is 3.04. The standard InChI is InChI=1S/C16H33/c1-7-10-14(4)12-16(6,9-3)13-15(5)11-8-2/h14-15H,6-13H2,1-5H3. The first kappa shape index (κ1) is 16.0. The van der Waals surface area contributed by atoms with Crippen LogP contribution in [0.2, 0.25) is 0 Å². The highest BCUT2D eigenvalue weighted by Gasteiger charge is 2.26. The van der Waals surface area contributed by atoms with Gasteiger partial charge >= 0.3 is 0 Å². The maximum Gasteiger partial charge on any atom is -0.0295 e. The Morgan fingerprint density at radius 2 is 1.25 bits per heavy atom. The summed E-state index contributed by atoms with van der Waals surface area (Å²) >= 11 is 0. The van der Waals surface area contributed by atoms with Crippen LogP contribution in [0.4, 0.5) is 0 Å². The highest BCUT2D eigenvalue weighted by molar-refractivity contribution is 4.84. The van der Waals surface area contributed by atoms with E-state index in [9.17, 15) is 0 Å². The van der Waals surface area contributed by atoms with Crippen molar-refractivity contribution in [3.63, 3.8) is 0 Å². The van der Waals surface area contributed by atoms with E-state index < -0.39 is 0 Å². The third kappa shape index (κ3) is 6.55. The van der Waals surface area contributed by atoms with Crippen LogP contribution in [0.15, 0.2) is 0 Å². The van der Waals surface area contributed by atoms with Gasteiger partial charge in [-0.25, -0.2) is 0 Å². The van der Waals surface area contributed by atoms with Crippen LogP contribution in [0.1, 0.15) is 79.6 Å². The van der Waals surface area contributed by atoms with E-state index >= 15 is 0 Å². The van der Waals surface area contributed by atoms with Crippen molar-refractivity contribution in [3.8, 4) is 0 Å². The maximum absolute atomic E-state index is 4.53. The first-order valence-corrected chi connectivity index (χ1v) is 7.32. The van der Waals surface area contributed by atoms with Gasteiger partial charge in [-0.1, -0.05) is 66.7 Å². The van der Waals surface area contributed by atoms with Crippen LogP contribution in [0, 0.1) is 24.2 Å². The second-order valence-electron chi connectivity index (χ2n) is 6.05. The summed E-state index contributed by atoms with van der Waals surface area (Å²) in [4.78, 5) is 0. The molecule has 1 radical (unpaired) electrons. The minimum atomic E-state index is 0.336. The predicted octanol–water partition coefficient (Wildman–Crippen LogP) is 5.87. The number of hydrogen-bond acceptors (Lipinski definition) is 0. The SMILES string of the molecule is [CH2]C(CC)(CC(C)CCC)CC(C)CCC. The summed E-state index contributed by atoms with van der Waals surface area (Å²) in [6.45, 7) is 16.2. The van der Waals surface area contributed by atoms with Crippen LogP contribution in [-0.2, 0) is 0 Å². The van der Waals surface area contributed by atoms with Crippen molar-refractivity contribution in [1.29, 1.82) is 0 Å². The molecule has 0 amide bonds. The lowest BCUT2D eigenvalue weighted by Gasteiger charge is -2.33. The molecule has 0 aliphatic rings. The molecule has 0 saturated heterocycles. The molecule has 16 heavy (non-hydrogen) atoms. The molecule has 2 atom stereocenters. The average Bonchev–Trinajstić information content (AvgIpc) is 2.17. The summed E-state index contributed by atoms with van der Waals surface area (Å²) in [5.74, 6) is 1.69. The second-order valence-corrected chi connectivity index (χ2v) is 6.05. The fourth-order valence-electron chi connectivity index (χ4n) is 3.04. The van der Waals surface area contributed by atoms with E-state index in [4.69, 9.17) is 0 Å². The van der Waals surface area contributed by atoms with E-state index in [1.807, 2.05) is 0 Å². The first-order chi connectivity index (χ1) is 7.47. The minimum absolute atomic E-state index is 0.336. The van der Waals surface area contributed by atoms with Gasteiger partial charge in [0.2, 0.25) is 0 Å². The van der Waals surface area contributed by atoms with Gasteiger partial charge in [-0.05, 0) is 37.0 Å². The van der Waals surface area contributed by atoms with Gasteiger partial charge in [-0.2, -0.15) is 0 Å². The molecule has 0 aliphatic heterocycles. The summed E-state index contributed by atoms with van der Waals surface area (Å²) < 4.78 is 0. The van der Waals surface area contributed by atoms with E-state index in [1.165, 1.54) is 44.9 Å². The lowest BCUT2D eigenvalue weighted by molar-refractivity contribution is 0.210. The summed E-state index contributed by atoms with van der Waals surface area (Å²) in [5, 5.41) is 0. The molecule has 0 saturated carbocycles. The monoisotopic (exact) mass is 225 g/mol. The number of rotatable bonds is 9. The Kier molecular flexibility index (Phi) is 8.14. The molecule has 97 valence electrons. The van der Waals surface area contributed by atoms with Gasteiger partial charge in [0.15, 0.2) is 0 Å². The number of hydrogen-bond donors (Lipinski definition) is 0. The lowest BCUT2D eigenvalue weighted by Crippen LogP contribution is -2.22. The zero-order valence-corrected chi connectivity index (χ0v) is 12.3. The summed E-state index contributed by atoms with van der Waals surface area (Å²) in [6.07, 6.45) is 9.20. The molecular weight excluding hydrogens is 192 g/mol. The van der Waals surface area contributed by atoms with E-state index in [1.54, 1.807) is 0 Å². The molecule has 0 aliphatic carbocycles. The van der Waals surface area contributed by atoms with Gasteiger partial charge in [-0.15, -0.1) is 0 Å². The smallest absolute Gasteiger partial charge is 0.0295 e. The Balaban J connectivity index is 4.18. The lowest BCUT2D eigenvalue weighted by atomic mass is 9.72. The molecule has 0 aromatic heterocycles. The predicted molar refractivity (Wildman–Crippen MR) is 75.5 cm³/mol. The highest BCUT2D eigenvalue weighted by atomic mass is 14.3. The zero-order chi connectivity index (χ0) is 12.6. The van der Waals surface area contributed by atoms with Crippen LogP contribution in [0.5, 0.6) is 0 Å². The fraction of sp³-hybridized carbons (Fsp3) is 0.938. The third-order valence-corrected chi connectivity index (χ3v) is 3.88. The maximum atomic E-state index is 4.53. The van der Waals surface area contributed by atoms with Crippen molar-refractivity contribution < 1.29 is 0 Å². The Hall–Kier alpha value is 0. The van der Waals surface area contributed by atoms with Crippen LogP contribution >= 0.6 is 0 Å².